The van der Waals surface area contributed by atoms with Gasteiger partial charge < -0.3 is 29.2 Å². The van der Waals surface area contributed by atoms with Crippen molar-refractivity contribution in [2.24, 2.45) is 5.41 Å². The molecule has 4 heterocycles. The summed E-state index contributed by atoms with van der Waals surface area (Å²) < 4.78 is 38.0. The molecule has 3 aromatic rings. The molecule has 0 atom stereocenters. The van der Waals surface area contributed by atoms with Gasteiger partial charge in [0.2, 0.25) is 11.8 Å². The minimum atomic E-state index is -0.434. The van der Waals surface area contributed by atoms with E-state index in [0.717, 1.165) is 44.1 Å². The van der Waals surface area contributed by atoms with Gasteiger partial charge in [0.25, 0.3) is 0 Å². The van der Waals surface area contributed by atoms with Crippen molar-refractivity contribution < 1.29 is 28.1 Å². The smallest absolute Gasteiger partial charge is 0.230 e. The summed E-state index contributed by atoms with van der Waals surface area (Å²) in [7, 11) is 1.53. The molecule has 6 rings (SSSR count). The molecule has 198 valence electrons. The highest BCUT2D eigenvalue weighted by atomic mass is 19.1. The second-order valence-corrected chi connectivity index (χ2v) is 10.1. The molecule has 10 heteroatoms. The topological polar surface area (TPSA) is 95.0 Å². The van der Waals surface area contributed by atoms with Gasteiger partial charge in [-0.1, -0.05) is 6.08 Å². The van der Waals surface area contributed by atoms with Crippen LogP contribution in [0, 0.1) is 11.2 Å². The number of nitrogens with zero attached hydrogens (tertiary/aromatic N) is 3. The average Bonchev–Trinajstić information content (AvgIpc) is 3.37. The Kier molecular flexibility index (Phi) is 6.27. The molecule has 2 fully saturated rings. The Hall–Kier alpha value is -3.92. The monoisotopic (exact) mass is 520 g/mol. The fraction of sp³-hybridized carbons (Fsp3) is 0.393. The molecule has 0 unspecified atom stereocenters. The largest absolute Gasteiger partial charge is 0.493 e. The van der Waals surface area contributed by atoms with Crippen molar-refractivity contribution >= 4 is 22.5 Å². The van der Waals surface area contributed by atoms with Crippen molar-refractivity contribution in [3.63, 3.8) is 0 Å². The number of aromatic nitrogens is 2. The summed E-state index contributed by atoms with van der Waals surface area (Å²) in [6, 6.07) is 6.79. The second-order valence-electron chi connectivity index (χ2n) is 10.1. The number of methoxy groups -OCH3 is 1. The Morgan fingerprint density at radius 2 is 2.08 bits per heavy atom. The van der Waals surface area contributed by atoms with E-state index in [0.29, 0.717) is 34.4 Å². The number of likely N-dealkylation sites (tertiary alicyclic amines) is 1. The van der Waals surface area contributed by atoms with Gasteiger partial charge in [0.15, 0.2) is 23.1 Å². The first-order valence-electron chi connectivity index (χ1n) is 12.7. The molecular weight excluding hydrogens is 491 g/mol. The maximum Gasteiger partial charge on any atom is 0.230 e. The van der Waals surface area contributed by atoms with E-state index >= 15 is 4.39 Å². The predicted molar refractivity (Wildman–Crippen MR) is 138 cm³/mol. The first-order chi connectivity index (χ1) is 18.4. The number of ether oxygens (including phenoxy) is 4. The highest BCUT2D eigenvalue weighted by molar-refractivity contribution is 5.87. The first-order valence-corrected chi connectivity index (χ1v) is 12.7. The lowest BCUT2D eigenvalue weighted by Gasteiger charge is -2.37. The number of amides is 1. The van der Waals surface area contributed by atoms with Crippen LogP contribution in [0.4, 0.5) is 10.1 Å². The Morgan fingerprint density at radius 3 is 2.84 bits per heavy atom. The molecule has 1 N–H and O–H groups in total. The lowest BCUT2D eigenvalue weighted by atomic mass is 9.85. The molecule has 0 aliphatic carbocycles. The fourth-order valence-corrected chi connectivity index (χ4v) is 5.19. The van der Waals surface area contributed by atoms with E-state index in [1.165, 1.54) is 13.4 Å². The maximum absolute atomic E-state index is 15.2. The van der Waals surface area contributed by atoms with Gasteiger partial charge >= 0.3 is 0 Å². The summed E-state index contributed by atoms with van der Waals surface area (Å²) in [5.41, 5.74) is 2.95. The first kappa shape index (κ1) is 24.4. The van der Waals surface area contributed by atoms with Crippen molar-refractivity contribution in [1.82, 2.24) is 14.9 Å². The van der Waals surface area contributed by atoms with Crippen LogP contribution in [0.3, 0.4) is 0 Å². The van der Waals surface area contributed by atoms with E-state index in [4.69, 9.17) is 18.9 Å². The number of allylic oxidation sites excluding steroid dienone is 2. The van der Waals surface area contributed by atoms with E-state index in [1.807, 2.05) is 17.9 Å². The van der Waals surface area contributed by atoms with Crippen LogP contribution in [0.1, 0.15) is 25.3 Å². The molecule has 3 aliphatic heterocycles. The SMILES string of the molecule is COc1cc2c(Oc3ccc4c(c3F)CC=C(C)N4)ncnc2cc1OCCC(=O)N1CCC2(COC2)C1. The quantitative estimate of drug-likeness (QED) is 0.488. The number of rotatable bonds is 7. The Labute approximate surface area is 219 Å². The van der Waals surface area contributed by atoms with Crippen LogP contribution in [0.15, 0.2) is 42.4 Å². The summed E-state index contributed by atoms with van der Waals surface area (Å²) in [6.07, 6.45) is 5.02. The lowest BCUT2D eigenvalue weighted by molar-refractivity contribution is -0.135. The highest BCUT2D eigenvalue weighted by Crippen LogP contribution is 2.39. The molecule has 0 radical (unpaired) electrons. The Morgan fingerprint density at radius 1 is 1.21 bits per heavy atom. The number of anilines is 1. The van der Waals surface area contributed by atoms with Gasteiger partial charge in [-0.3, -0.25) is 4.79 Å². The highest BCUT2D eigenvalue weighted by Gasteiger charge is 2.45. The summed E-state index contributed by atoms with van der Waals surface area (Å²) in [4.78, 5) is 23.2. The summed E-state index contributed by atoms with van der Waals surface area (Å²) in [5.74, 6) is 0.805. The second kappa shape index (κ2) is 9.75. The minimum absolute atomic E-state index is 0.0690. The van der Waals surface area contributed by atoms with Crippen LogP contribution in [-0.4, -0.2) is 60.8 Å². The van der Waals surface area contributed by atoms with Crippen LogP contribution >= 0.6 is 0 Å². The van der Waals surface area contributed by atoms with Crippen molar-refractivity contribution in [3.8, 4) is 23.1 Å². The Bertz CT molecular complexity index is 1440. The van der Waals surface area contributed by atoms with Gasteiger partial charge in [0, 0.05) is 41.5 Å². The van der Waals surface area contributed by atoms with Crippen LogP contribution < -0.4 is 19.5 Å². The van der Waals surface area contributed by atoms with Crippen molar-refractivity contribution in [2.45, 2.75) is 26.2 Å². The molecule has 1 spiro atoms. The number of nitrogens with one attached hydrogen (secondary N) is 1. The van der Waals surface area contributed by atoms with Gasteiger partial charge in [-0.15, -0.1) is 0 Å². The molecule has 1 aromatic heterocycles. The van der Waals surface area contributed by atoms with Gasteiger partial charge in [-0.2, -0.15) is 0 Å². The molecule has 38 heavy (non-hydrogen) atoms. The third-order valence-electron chi connectivity index (χ3n) is 7.42. The number of benzene rings is 2. The van der Waals surface area contributed by atoms with Gasteiger partial charge in [0.1, 0.15) is 6.33 Å². The standard InChI is InChI=1S/C28H29FN4O5/c1-17-3-4-18-20(32-17)5-6-22(26(18)29)38-27-19-11-23(35-2)24(12-21(19)30-16-31-27)37-10-7-25(34)33-9-8-28(13-33)14-36-15-28/h3,5-6,11-12,16,32H,4,7-10,13-15H2,1-2H3. The van der Waals surface area contributed by atoms with Gasteiger partial charge in [-0.05, 0) is 38.0 Å². The molecule has 0 saturated carbocycles. The number of carbonyl (C=O) groups excluding carboxylic acids is 1. The van der Waals surface area contributed by atoms with Gasteiger partial charge in [0.05, 0.1) is 44.3 Å². The summed E-state index contributed by atoms with van der Waals surface area (Å²) >= 11 is 0. The van der Waals surface area contributed by atoms with E-state index in [2.05, 4.69) is 15.3 Å². The van der Waals surface area contributed by atoms with Crippen LogP contribution in [-0.2, 0) is 16.0 Å². The van der Waals surface area contributed by atoms with Crippen LogP contribution in [0.5, 0.6) is 23.1 Å². The van der Waals surface area contributed by atoms with E-state index in [9.17, 15) is 4.79 Å². The van der Waals surface area contributed by atoms with E-state index in [1.54, 1.807) is 24.3 Å². The summed E-state index contributed by atoms with van der Waals surface area (Å²) in [5, 5.41) is 3.72. The van der Waals surface area contributed by atoms with Crippen LogP contribution in [0.2, 0.25) is 0 Å². The normalized spacial score (nSPS) is 17.4. The number of hydrogen-bond donors (Lipinski definition) is 1. The lowest BCUT2D eigenvalue weighted by Crippen LogP contribution is -2.45. The minimum Gasteiger partial charge on any atom is -0.493 e. The van der Waals surface area contributed by atoms with Crippen molar-refractivity contribution in [2.75, 3.05) is 45.3 Å². The number of carbonyl (C=O) groups is 1. The third-order valence-corrected chi connectivity index (χ3v) is 7.42. The average molecular weight is 521 g/mol. The van der Waals surface area contributed by atoms with Crippen molar-refractivity contribution in [1.29, 1.82) is 0 Å². The Balaban J connectivity index is 1.17. The predicted octanol–water partition coefficient (Wildman–Crippen LogP) is 4.46. The third kappa shape index (κ3) is 4.49. The fourth-order valence-electron chi connectivity index (χ4n) is 5.19. The molecule has 3 aliphatic rings. The van der Waals surface area contributed by atoms with Crippen molar-refractivity contribution in [3.05, 3.63) is 53.7 Å². The van der Waals surface area contributed by atoms with E-state index < -0.39 is 5.82 Å². The zero-order valence-electron chi connectivity index (χ0n) is 21.4. The maximum atomic E-state index is 15.2. The zero-order valence-corrected chi connectivity index (χ0v) is 21.4. The number of halogens is 1. The number of fused-ring (bicyclic) bond motifs is 2. The molecular formula is C28H29FN4O5. The van der Waals surface area contributed by atoms with E-state index in [-0.39, 0.29) is 36.0 Å². The zero-order chi connectivity index (χ0) is 26.3. The number of hydrogen-bond acceptors (Lipinski definition) is 8. The molecule has 0 bridgehead atoms. The van der Waals surface area contributed by atoms with Crippen LogP contribution in [0.25, 0.3) is 10.9 Å². The molecule has 2 aromatic carbocycles. The summed E-state index contributed by atoms with van der Waals surface area (Å²) in [6.45, 7) is 5.14. The molecule has 2 saturated heterocycles. The molecule has 1 amide bonds. The van der Waals surface area contributed by atoms with Gasteiger partial charge in [-0.25, -0.2) is 14.4 Å². The molecule has 9 nitrogen and oxygen atoms in total.